The van der Waals surface area contributed by atoms with E-state index < -0.39 is 5.41 Å². The zero-order chi connectivity index (χ0) is 46.2. The van der Waals surface area contributed by atoms with Crippen LogP contribution in [0.25, 0.3) is 33.4 Å². The smallest absolute Gasteiger partial charge is 0.0511 e. The third-order valence-electron chi connectivity index (χ3n) is 12.2. The Morgan fingerprint density at radius 2 is 0.580 bits per heavy atom. The molecule has 9 aromatic carbocycles. The van der Waals surface area contributed by atoms with Gasteiger partial charge in [-0.15, -0.1) is 35.3 Å². The molecule has 1 N–H and O–H groups in total. The summed E-state index contributed by atoms with van der Waals surface area (Å²) in [5, 5.41) is 11.7. The molecule has 3 aliphatic rings. The van der Waals surface area contributed by atoms with Crippen LogP contribution in [-0.2, 0) is 0 Å². The first-order chi connectivity index (χ1) is 34.0. The molecule has 0 radical (unpaired) electrons. The normalized spacial score (nSPS) is 13.3. The summed E-state index contributed by atoms with van der Waals surface area (Å²) in [6.45, 7) is 0.0808. The summed E-state index contributed by atoms with van der Waals surface area (Å²) in [7, 11) is 0. The fourth-order valence-electron chi connectivity index (χ4n) is 8.56. The molecule has 0 spiro atoms. The van der Waals surface area contributed by atoms with E-state index in [0.717, 1.165) is 17.3 Å². The summed E-state index contributed by atoms with van der Waals surface area (Å²) < 4.78 is 0. The van der Waals surface area contributed by atoms with Crippen LogP contribution in [0.1, 0.15) is 0 Å². The lowest BCUT2D eigenvalue weighted by molar-refractivity contribution is 0.188. The van der Waals surface area contributed by atoms with Crippen molar-refractivity contribution in [3.8, 4) is 33.4 Å². The van der Waals surface area contributed by atoms with Crippen molar-refractivity contribution < 1.29 is 5.11 Å². The van der Waals surface area contributed by atoms with Crippen LogP contribution in [0, 0.1) is 5.41 Å². The van der Waals surface area contributed by atoms with Crippen molar-refractivity contribution in [1.82, 2.24) is 0 Å². The van der Waals surface area contributed by atoms with Crippen molar-refractivity contribution in [2.75, 3.05) is 23.9 Å². The Labute approximate surface area is 443 Å². The van der Waals surface area contributed by atoms with Gasteiger partial charge in [0.25, 0.3) is 0 Å². The van der Waals surface area contributed by atoms with Crippen molar-refractivity contribution in [3.05, 3.63) is 200 Å². The second-order valence-electron chi connectivity index (χ2n) is 17.0. The third kappa shape index (κ3) is 9.89. The van der Waals surface area contributed by atoms with Gasteiger partial charge in [-0.1, -0.05) is 180 Å². The fourth-order valence-corrected chi connectivity index (χ4v) is 19.6. The minimum absolute atomic E-state index is 0.0808. The summed E-state index contributed by atoms with van der Waals surface area (Å²) in [6, 6.07) is 73.3. The number of fused-ring (bicyclic) bond motifs is 6. The summed E-state index contributed by atoms with van der Waals surface area (Å²) in [4.78, 5) is 19.4. The molecule has 0 fully saturated rings. The zero-order valence-corrected chi connectivity index (χ0v) is 44.4. The zero-order valence-electron chi connectivity index (χ0n) is 37.0. The van der Waals surface area contributed by atoms with Crippen LogP contribution in [0.5, 0.6) is 0 Å². The molecule has 0 atom stereocenters. The molecule has 12 rings (SSSR count). The molecule has 0 saturated carbocycles. The van der Waals surface area contributed by atoms with Gasteiger partial charge in [0.2, 0.25) is 0 Å². The molecule has 0 bridgehead atoms. The quantitative estimate of drug-likeness (QED) is 0.112. The summed E-state index contributed by atoms with van der Waals surface area (Å²) in [6.07, 6.45) is 0. The van der Waals surface area contributed by atoms with E-state index in [1.165, 1.54) is 107 Å². The van der Waals surface area contributed by atoms with E-state index in [0.29, 0.717) is 0 Å². The van der Waals surface area contributed by atoms with E-state index in [1.54, 1.807) is 0 Å². The topological polar surface area (TPSA) is 20.2 Å². The summed E-state index contributed by atoms with van der Waals surface area (Å²) >= 11 is 16.8. The molecule has 0 aromatic heterocycles. The first-order valence-corrected chi connectivity index (χ1v) is 30.4. The SMILES string of the molecule is OCC(CSc1cccc(-c2cccc3c2Sc2ccccc2S3)c1)(CSc1cccc(-c2cccc3c2Sc2ccccc2S3)c1)CSc1cccc(-c2cccc3c2Sc2ccccc2S3)c1. The molecule has 0 aliphatic carbocycles. The number of hydrogen-bond donors (Lipinski definition) is 1. The molecule has 0 amide bonds. The maximum atomic E-state index is 11.7. The van der Waals surface area contributed by atoms with Gasteiger partial charge in [-0.25, -0.2) is 0 Å². The second-order valence-corrected chi connectivity index (χ2v) is 26.5. The lowest BCUT2D eigenvalue weighted by atomic mass is 9.97. The summed E-state index contributed by atoms with van der Waals surface area (Å²) in [5.41, 5.74) is 7.08. The highest BCUT2D eigenvalue weighted by Gasteiger charge is 2.32. The number of aliphatic hydroxyl groups is 1. The molecule has 338 valence electrons. The van der Waals surface area contributed by atoms with Crippen molar-refractivity contribution in [2.45, 2.75) is 73.4 Å². The average molecular weight is 1060 g/mol. The largest absolute Gasteiger partial charge is 0.396 e. The predicted molar refractivity (Wildman–Crippen MR) is 301 cm³/mol. The molecule has 0 saturated heterocycles. The third-order valence-corrected chi connectivity index (χ3v) is 24.1. The molecule has 3 heterocycles. The monoisotopic (exact) mass is 1050 g/mol. The van der Waals surface area contributed by atoms with E-state index in [1.807, 2.05) is 106 Å². The number of thioether (sulfide) groups is 3. The van der Waals surface area contributed by atoms with Gasteiger partial charge in [-0.05, 0) is 124 Å². The van der Waals surface area contributed by atoms with Crippen LogP contribution in [0.4, 0.5) is 0 Å². The maximum absolute atomic E-state index is 11.7. The Kier molecular flexibility index (Phi) is 13.8. The van der Waals surface area contributed by atoms with Gasteiger partial charge < -0.3 is 5.11 Å². The number of rotatable bonds is 13. The highest BCUT2D eigenvalue weighted by molar-refractivity contribution is 8.06. The van der Waals surface area contributed by atoms with Crippen LogP contribution in [-0.4, -0.2) is 29.0 Å². The highest BCUT2D eigenvalue weighted by Crippen LogP contribution is 2.55. The Balaban J connectivity index is 0.825. The van der Waals surface area contributed by atoms with Gasteiger partial charge in [0, 0.05) is 96.1 Å². The van der Waals surface area contributed by atoms with Crippen LogP contribution in [0.3, 0.4) is 0 Å². The van der Waals surface area contributed by atoms with E-state index >= 15 is 0 Å². The van der Waals surface area contributed by atoms with E-state index in [4.69, 9.17) is 0 Å². The van der Waals surface area contributed by atoms with E-state index in [-0.39, 0.29) is 6.61 Å². The van der Waals surface area contributed by atoms with Crippen molar-refractivity contribution in [3.63, 3.8) is 0 Å². The van der Waals surface area contributed by atoms with Gasteiger partial charge in [0.1, 0.15) is 0 Å². The van der Waals surface area contributed by atoms with Crippen LogP contribution in [0.15, 0.2) is 274 Å². The Morgan fingerprint density at radius 3 is 0.884 bits per heavy atom. The molecule has 69 heavy (non-hydrogen) atoms. The second kappa shape index (κ2) is 20.7. The minimum atomic E-state index is -0.394. The first kappa shape index (κ1) is 46.2. The van der Waals surface area contributed by atoms with Crippen molar-refractivity contribution in [1.29, 1.82) is 0 Å². The van der Waals surface area contributed by atoms with E-state index in [9.17, 15) is 5.11 Å². The molecule has 10 heteroatoms. The van der Waals surface area contributed by atoms with Gasteiger partial charge in [-0.3, -0.25) is 0 Å². The Morgan fingerprint density at radius 1 is 0.304 bits per heavy atom. The fraction of sp³-hybridized carbons (Fsp3) is 0.0847. The van der Waals surface area contributed by atoms with E-state index in [2.05, 4.69) is 200 Å². The van der Waals surface area contributed by atoms with Crippen molar-refractivity contribution in [2.24, 2.45) is 5.41 Å². The highest BCUT2D eigenvalue weighted by atomic mass is 32.2. The number of benzene rings is 9. The van der Waals surface area contributed by atoms with Crippen molar-refractivity contribution >= 4 is 106 Å². The molecule has 1 nitrogen and oxygen atoms in total. The number of hydrogen-bond acceptors (Lipinski definition) is 10. The maximum Gasteiger partial charge on any atom is 0.0511 e. The van der Waals surface area contributed by atoms with Crippen LogP contribution >= 0.6 is 106 Å². The van der Waals surface area contributed by atoms with Crippen LogP contribution in [0.2, 0.25) is 0 Å². The number of aliphatic hydroxyl groups excluding tert-OH is 1. The molecule has 3 aliphatic heterocycles. The predicted octanol–water partition coefficient (Wildman–Crippen LogP) is 19.2. The Hall–Kier alpha value is -3.91. The first-order valence-electron chi connectivity index (χ1n) is 22.6. The lowest BCUT2D eigenvalue weighted by Gasteiger charge is -2.31. The van der Waals surface area contributed by atoms with Gasteiger partial charge >= 0.3 is 0 Å². The van der Waals surface area contributed by atoms with Gasteiger partial charge in [-0.2, -0.15) is 0 Å². The lowest BCUT2D eigenvalue weighted by Crippen LogP contribution is -2.34. The summed E-state index contributed by atoms with van der Waals surface area (Å²) in [5.74, 6) is 2.32. The molecule has 0 unspecified atom stereocenters. The molecular weight excluding hydrogens is 1010 g/mol. The van der Waals surface area contributed by atoms with Gasteiger partial charge in [0.05, 0.1) is 6.61 Å². The molecular formula is C59H42OS9. The van der Waals surface area contributed by atoms with Gasteiger partial charge in [0.15, 0.2) is 0 Å². The Bertz CT molecular complexity index is 3040. The standard InChI is InChI=1S/C59H42OS9/c60-34-59(35-61-41-16-7-13-38(31-41)44-19-10-28-53-56(44)67-50-25-4-1-22-47(50)64-53,36-62-42-17-8-14-39(32-42)45-20-11-29-54-57(45)68-51-26-5-2-23-48(51)65-54)37-63-43-18-9-15-40(33-43)46-21-12-30-55-58(46)69-52-27-6-3-24-49(52)66-55/h1-33,60H,34-37H2. The average Bonchev–Trinajstić information content (AvgIpc) is 3.41. The minimum Gasteiger partial charge on any atom is -0.396 e. The van der Waals surface area contributed by atoms with Crippen LogP contribution < -0.4 is 0 Å². The molecule has 9 aromatic rings.